The van der Waals surface area contributed by atoms with Gasteiger partial charge in [0, 0.05) is 27.8 Å². The summed E-state index contributed by atoms with van der Waals surface area (Å²) >= 11 is 0. The summed E-state index contributed by atoms with van der Waals surface area (Å²) in [5.41, 5.74) is 5.20. The first-order valence-corrected chi connectivity index (χ1v) is 13.9. The number of aliphatic imine (C=N–C) groups is 1. The van der Waals surface area contributed by atoms with Crippen LogP contribution in [0.2, 0.25) is 0 Å². The average molecular weight is 627 g/mol. The average Bonchev–Trinajstić information content (AvgIpc) is 3.55. The fraction of sp³-hybridized carbons (Fsp3) is 0.0556. The van der Waals surface area contributed by atoms with Gasteiger partial charge < -0.3 is 0 Å². The number of fused-ring (bicyclic) bond motifs is 6. The van der Waals surface area contributed by atoms with Crippen LogP contribution in [-0.4, -0.2) is 15.7 Å². The number of hydrogen-bond donors (Lipinski definition) is 0. The lowest BCUT2D eigenvalue weighted by molar-refractivity contribution is -0.137. The molecule has 0 unspecified atom stereocenters. The normalized spacial score (nSPS) is 13.3. The predicted octanol–water partition coefficient (Wildman–Crippen LogP) is 8.90. The summed E-state index contributed by atoms with van der Waals surface area (Å²) in [5.74, 6) is 0. The second-order valence-corrected chi connectivity index (χ2v) is 10.7. The Hall–Kier alpha value is -6.51. The SMILES string of the molecule is N#CN=C1c2cc(-c3ccc(C(F)(F)F)cc3)ccc2-c2nc3c(nc21)-c1ccc(-c2ccc(C(F)F)cc2)cc1C3=C(C#N)C#N. The summed E-state index contributed by atoms with van der Waals surface area (Å²) in [6.45, 7) is 0. The molecule has 2 aliphatic rings. The van der Waals surface area contributed by atoms with Crippen LogP contribution in [0.1, 0.15) is 40.1 Å². The van der Waals surface area contributed by atoms with E-state index in [0.29, 0.717) is 61.6 Å². The van der Waals surface area contributed by atoms with Gasteiger partial charge in [-0.15, -0.1) is 0 Å². The summed E-state index contributed by atoms with van der Waals surface area (Å²) in [4.78, 5) is 13.8. The van der Waals surface area contributed by atoms with Crippen molar-refractivity contribution in [3.8, 4) is 63.1 Å². The maximum atomic E-state index is 13.1. The Labute approximate surface area is 263 Å². The number of nitriles is 3. The van der Waals surface area contributed by atoms with Gasteiger partial charge in [0.25, 0.3) is 6.43 Å². The third-order valence-corrected chi connectivity index (χ3v) is 8.11. The van der Waals surface area contributed by atoms with Crippen molar-refractivity contribution in [2.24, 2.45) is 4.99 Å². The van der Waals surface area contributed by atoms with Crippen molar-refractivity contribution in [3.05, 3.63) is 124 Å². The molecule has 0 saturated heterocycles. The van der Waals surface area contributed by atoms with Gasteiger partial charge in [-0.05, 0) is 52.1 Å². The monoisotopic (exact) mass is 626 g/mol. The van der Waals surface area contributed by atoms with Crippen molar-refractivity contribution in [2.45, 2.75) is 12.6 Å². The molecule has 0 saturated carbocycles. The molecule has 0 fully saturated rings. The van der Waals surface area contributed by atoms with E-state index >= 15 is 0 Å². The fourth-order valence-electron chi connectivity index (χ4n) is 5.89. The molecule has 1 aromatic heterocycles. The summed E-state index contributed by atoms with van der Waals surface area (Å²) in [6.07, 6.45) is -5.29. The molecular formula is C36H15F5N6. The summed E-state index contributed by atoms with van der Waals surface area (Å²) in [5, 5.41) is 29.4. The molecule has 1 heterocycles. The Bertz CT molecular complexity index is 2320. The van der Waals surface area contributed by atoms with Gasteiger partial charge in [0.2, 0.25) is 6.19 Å². The van der Waals surface area contributed by atoms with Gasteiger partial charge in [0.1, 0.15) is 34.8 Å². The van der Waals surface area contributed by atoms with Crippen molar-refractivity contribution < 1.29 is 22.0 Å². The van der Waals surface area contributed by atoms with Crippen LogP contribution in [0.3, 0.4) is 0 Å². The van der Waals surface area contributed by atoms with Crippen LogP contribution in [0, 0.1) is 34.1 Å². The highest BCUT2D eigenvalue weighted by Gasteiger charge is 2.36. The van der Waals surface area contributed by atoms with Gasteiger partial charge in [0.15, 0.2) is 0 Å². The van der Waals surface area contributed by atoms with E-state index < -0.39 is 18.2 Å². The van der Waals surface area contributed by atoms with Crippen molar-refractivity contribution >= 4 is 11.3 Å². The van der Waals surface area contributed by atoms with E-state index in [-0.39, 0.29) is 28.1 Å². The molecule has 0 amide bonds. The fourth-order valence-corrected chi connectivity index (χ4v) is 5.89. The van der Waals surface area contributed by atoms with Crippen LogP contribution < -0.4 is 0 Å². The zero-order valence-corrected chi connectivity index (χ0v) is 23.7. The van der Waals surface area contributed by atoms with Gasteiger partial charge in [-0.25, -0.2) is 18.7 Å². The van der Waals surface area contributed by atoms with Crippen LogP contribution in [-0.2, 0) is 6.18 Å². The van der Waals surface area contributed by atoms with Crippen molar-refractivity contribution in [1.29, 1.82) is 15.8 Å². The smallest absolute Gasteiger partial charge is 0.243 e. The Balaban J connectivity index is 1.37. The van der Waals surface area contributed by atoms with E-state index in [0.717, 1.165) is 12.1 Å². The molecule has 0 atom stereocenters. The van der Waals surface area contributed by atoms with Crippen molar-refractivity contribution in [3.63, 3.8) is 0 Å². The first-order valence-electron chi connectivity index (χ1n) is 13.9. The summed E-state index contributed by atoms with van der Waals surface area (Å²) < 4.78 is 65.6. The maximum Gasteiger partial charge on any atom is 0.416 e. The molecule has 7 rings (SSSR count). The number of hydrogen-bond acceptors (Lipinski definition) is 6. The molecule has 0 spiro atoms. The largest absolute Gasteiger partial charge is 0.416 e. The third-order valence-electron chi connectivity index (χ3n) is 8.11. The Kier molecular flexibility index (Phi) is 6.73. The number of aromatic nitrogens is 2. The van der Waals surface area contributed by atoms with Gasteiger partial charge in [0.05, 0.1) is 17.0 Å². The topological polar surface area (TPSA) is 110 Å². The Morgan fingerprint density at radius 2 is 1.13 bits per heavy atom. The molecule has 11 heteroatoms. The molecule has 224 valence electrons. The van der Waals surface area contributed by atoms with E-state index in [2.05, 4.69) is 4.99 Å². The predicted molar refractivity (Wildman–Crippen MR) is 162 cm³/mol. The van der Waals surface area contributed by atoms with E-state index in [1.54, 1.807) is 54.7 Å². The number of allylic oxidation sites excluding steroid dienone is 1. The molecule has 6 nitrogen and oxygen atoms in total. The first-order chi connectivity index (χ1) is 22.6. The van der Waals surface area contributed by atoms with E-state index in [9.17, 15) is 37.7 Å². The number of alkyl halides is 5. The van der Waals surface area contributed by atoms with Crippen LogP contribution in [0.4, 0.5) is 22.0 Å². The Morgan fingerprint density at radius 1 is 0.617 bits per heavy atom. The second-order valence-electron chi connectivity index (χ2n) is 10.7. The van der Waals surface area contributed by atoms with Gasteiger partial charge >= 0.3 is 6.18 Å². The number of rotatable bonds is 3. The van der Waals surface area contributed by atoms with E-state index in [1.165, 1.54) is 24.3 Å². The molecule has 4 aromatic carbocycles. The quantitative estimate of drug-likeness (QED) is 0.111. The van der Waals surface area contributed by atoms with Crippen molar-refractivity contribution in [1.82, 2.24) is 9.97 Å². The minimum absolute atomic E-state index is 0.122. The first kappa shape index (κ1) is 29.2. The second kappa shape index (κ2) is 10.8. The maximum absolute atomic E-state index is 13.1. The van der Waals surface area contributed by atoms with Crippen LogP contribution >= 0.6 is 0 Å². The highest BCUT2D eigenvalue weighted by atomic mass is 19.4. The lowest BCUT2D eigenvalue weighted by Crippen LogP contribution is -2.04. The van der Waals surface area contributed by atoms with Gasteiger partial charge in [-0.2, -0.15) is 33.9 Å². The highest BCUT2D eigenvalue weighted by Crippen LogP contribution is 2.48. The molecule has 5 aromatic rings. The lowest BCUT2D eigenvalue weighted by Gasteiger charge is -2.09. The summed E-state index contributed by atoms with van der Waals surface area (Å²) in [6, 6.07) is 24.8. The van der Waals surface area contributed by atoms with E-state index in [1.807, 2.05) is 12.1 Å². The van der Waals surface area contributed by atoms with Crippen molar-refractivity contribution in [2.75, 3.05) is 0 Å². The number of halogens is 5. The molecule has 0 radical (unpaired) electrons. The number of benzene rings is 4. The molecule has 0 N–H and O–H groups in total. The molecule has 0 bridgehead atoms. The molecule has 2 aliphatic carbocycles. The zero-order chi connectivity index (χ0) is 33.0. The molecule has 0 aliphatic heterocycles. The van der Waals surface area contributed by atoms with Crippen LogP contribution in [0.5, 0.6) is 0 Å². The minimum Gasteiger partial charge on any atom is -0.243 e. The van der Waals surface area contributed by atoms with E-state index in [4.69, 9.17) is 9.97 Å². The third kappa shape index (κ3) is 4.72. The van der Waals surface area contributed by atoms with Crippen LogP contribution in [0.25, 0.3) is 50.3 Å². The molecule has 47 heavy (non-hydrogen) atoms. The van der Waals surface area contributed by atoms with Gasteiger partial charge in [-0.1, -0.05) is 60.7 Å². The lowest BCUT2D eigenvalue weighted by atomic mass is 9.96. The number of nitrogens with zero attached hydrogens (tertiary/aromatic N) is 6. The molecular weight excluding hydrogens is 611 g/mol. The highest BCUT2D eigenvalue weighted by molar-refractivity contribution is 6.24. The minimum atomic E-state index is -4.48. The standard InChI is InChI=1S/C36H15F5N6/c37-35(38)20-3-1-18(2-4-20)21-7-11-25-27(13-21)29(23(15-42)16-43)33-31(25)47-34-30(45-17-44)28-14-22(8-12-26(28)32(34)46-33)19-5-9-24(10-6-19)36(39,40)41/h1-14,35H. The Morgan fingerprint density at radius 3 is 1.68 bits per heavy atom. The zero-order valence-electron chi connectivity index (χ0n) is 23.7. The van der Waals surface area contributed by atoms with Gasteiger partial charge in [-0.3, -0.25) is 0 Å². The van der Waals surface area contributed by atoms with Crippen LogP contribution in [0.15, 0.2) is 95.5 Å². The summed E-state index contributed by atoms with van der Waals surface area (Å²) in [7, 11) is 0.